The van der Waals surface area contributed by atoms with Crippen molar-refractivity contribution in [2.45, 2.75) is 6.42 Å². The topological polar surface area (TPSA) is 50.8 Å². The summed E-state index contributed by atoms with van der Waals surface area (Å²) in [4.78, 5) is 14.1. The van der Waals surface area contributed by atoms with E-state index in [1.54, 1.807) is 24.3 Å². The molecular formula is C19H22ClFN2O3. The molecule has 1 N–H and O–H groups in total. The molecule has 2 rings (SSSR count). The van der Waals surface area contributed by atoms with E-state index in [4.69, 9.17) is 21.1 Å². The van der Waals surface area contributed by atoms with Crippen LogP contribution in [0.15, 0.2) is 36.4 Å². The molecule has 0 heterocycles. The molecule has 1 amide bonds. The highest BCUT2D eigenvalue weighted by Gasteiger charge is 2.15. The zero-order valence-electron chi connectivity index (χ0n) is 15.0. The van der Waals surface area contributed by atoms with Gasteiger partial charge in [-0.3, -0.25) is 4.79 Å². The summed E-state index contributed by atoms with van der Waals surface area (Å²) >= 11 is 6.12. The van der Waals surface area contributed by atoms with Crippen molar-refractivity contribution in [3.05, 3.63) is 52.8 Å². The third-order valence-corrected chi connectivity index (χ3v) is 4.20. The third kappa shape index (κ3) is 4.79. The Morgan fingerprint density at radius 3 is 2.62 bits per heavy atom. The molecule has 0 aliphatic rings. The maximum Gasteiger partial charge on any atom is 0.251 e. The summed E-state index contributed by atoms with van der Waals surface area (Å²) in [6.07, 6.45) is 0.664. The lowest BCUT2D eigenvalue weighted by molar-refractivity contribution is 0.0953. The normalized spacial score (nSPS) is 10.3. The number of rotatable bonds is 8. The summed E-state index contributed by atoms with van der Waals surface area (Å²) in [5.41, 5.74) is 0.917. The van der Waals surface area contributed by atoms with Gasteiger partial charge in [-0.25, -0.2) is 4.39 Å². The van der Waals surface area contributed by atoms with Gasteiger partial charge in [0.1, 0.15) is 5.82 Å². The molecule has 0 saturated carbocycles. The summed E-state index contributed by atoms with van der Waals surface area (Å²) in [5.74, 6) is 0.252. The molecule has 26 heavy (non-hydrogen) atoms. The Morgan fingerprint density at radius 1 is 1.23 bits per heavy atom. The summed E-state index contributed by atoms with van der Waals surface area (Å²) < 4.78 is 24.1. The molecular weight excluding hydrogens is 359 g/mol. The van der Waals surface area contributed by atoms with Gasteiger partial charge in [-0.15, -0.1) is 0 Å². The van der Waals surface area contributed by atoms with Crippen LogP contribution in [0.25, 0.3) is 0 Å². The molecule has 0 aliphatic heterocycles. The van der Waals surface area contributed by atoms with Gasteiger partial charge < -0.3 is 19.7 Å². The van der Waals surface area contributed by atoms with Crippen molar-refractivity contribution in [1.29, 1.82) is 0 Å². The van der Waals surface area contributed by atoms with Crippen molar-refractivity contribution in [3.63, 3.8) is 0 Å². The van der Waals surface area contributed by atoms with Crippen LogP contribution in [0.2, 0.25) is 5.02 Å². The second kappa shape index (κ2) is 9.29. The van der Waals surface area contributed by atoms with E-state index in [9.17, 15) is 9.18 Å². The first kappa shape index (κ1) is 19.8. The fraction of sp³-hybridized carbons (Fsp3) is 0.316. The lowest BCUT2D eigenvalue weighted by Gasteiger charge is -2.19. The lowest BCUT2D eigenvalue weighted by Crippen LogP contribution is -2.28. The number of carbonyl (C=O) groups excluding carboxylic acids is 1. The average molecular weight is 381 g/mol. The molecule has 7 heteroatoms. The average Bonchev–Trinajstić information content (AvgIpc) is 2.64. The van der Waals surface area contributed by atoms with Crippen LogP contribution in [0.4, 0.5) is 10.1 Å². The highest BCUT2D eigenvalue weighted by atomic mass is 35.5. The number of halogens is 2. The van der Waals surface area contributed by atoms with Crippen molar-refractivity contribution < 1.29 is 18.7 Å². The first-order valence-electron chi connectivity index (χ1n) is 8.13. The number of ether oxygens (including phenoxy) is 2. The fourth-order valence-corrected chi connectivity index (χ4v) is 2.84. The molecule has 0 spiro atoms. The molecule has 0 fully saturated rings. The molecule has 0 atom stereocenters. The van der Waals surface area contributed by atoms with Gasteiger partial charge in [-0.1, -0.05) is 23.7 Å². The predicted molar refractivity (Wildman–Crippen MR) is 101 cm³/mol. The van der Waals surface area contributed by atoms with E-state index >= 15 is 0 Å². The van der Waals surface area contributed by atoms with E-state index in [0.29, 0.717) is 47.3 Å². The Bertz CT molecular complexity index is 770. The summed E-state index contributed by atoms with van der Waals surface area (Å²) in [5, 5.41) is 3.12. The van der Waals surface area contributed by atoms with Crippen LogP contribution in [0.1, 0.15) is 16.8 Å². The van der Waals surface area contributed by atoms with E-state index in [1.165, 1.54) is 26.4 Å². The number of amides is 1. The van der Waals surface area contributed by atoms with Crippen LogP contribution in [0.5, 0.6) is 11.5 Å². The Hall–Kier alpha value is -2.47. The van der Waals surface area contributed by atoms with Crippen molar-refractivity contribution in [1.82, 2.24) is 5.32 Å². The molecule has 2 aromatic carbocycles. The first-order valence-corrected chi connectivity index (χ1v) is 8.51. The zero-order valence-corrected chi connectivity index (χ0v) is 15.8. The van der Waals surface area contributed by atoms with Crippen molar-refractivity contribution >= 4 is 23.2 Å². The molecule has 0 aromatic heterocycles. The van der Waals surface area contributed by atoms with Gasteiger partial charge in [-0.05, 0) is 30.7 Å². The van der Waals surface area contributed by atoms with Gasteiger partial charge in [0.25, 0.3) is 5.91 Å². The van der Waals surface area contributed by atoms with Crippen LogP contribution in [0, 0.1) is 5.82 Å². The van der Waals surface area contributed by atoms with Gasteiger partial charge >= 0.3 is 0 Å². The second-order valence-corrected chi connectivity index (χ2v) is 6.08. The van der Waals surface area contributed by atoms with Gasteiger partial charge in [-0.2, -0.15) is 0 Å². The number of anilines is 1. The number of hydrogen-bond donors (Lipinski definition) is 1. The number of nitrogens with zero attached hydrogens (tertiary/aromatic N) is 1. The molecule has 0 radical (unpaired) electrons. The SMILES string of the molecule is COc1cc(C(=O)NCCCN(C)c2ccccc2F)cc(Cl)c1OC. The number of para-hydroxylation sites is 1. The Balaban J connectivity index is 1.89. The molecule has 140 valence electrons. The number of carbonyl (C=O) groups is 1. The fourth-order valence-electron chi connectivity index (χ4n) is 2.55. The first-order chi connectivity index (χ1) is 12.5. The summed E-state index contributed by atoms with van der Waals surface area (Å²) in [6.45, 7) is 1.05. The zero-order chi connectivity index (χ0) is 19.1. The van der Waals surface area contributed by atoms with E-state index in [1.807, 2.05) is 11.9 Å². The van der Waals surface area contributed by atoms with Crippen LogP contribution in [0.3, 0.4) is 0 Å². The lowest BCUT2D eigenvalue weighted by atomic mass is 10.2. The van der Waals surface area contributed by atoms with E-state index in [0.717, 1.165) is 0 Å². The van der Waals surface area contributed by atoms with Crippen molar-refractivity contribution in [3.8, 4) is 11.5 Å². The summed E-state index contributed by atoms with van der Waals surface area (Å²) in [7, 11) is 4.78. The minimum Gasteiger partial charge on any atom is -0.493 e. The van der Waals surface area contributed by atoms with Crippen LogP contribution >= 0.6 is 11.6 Å². The smallest absolute Gasteiger partial charge is 0.251 e. The largest absolute Gasteiger partial charge is 0.493 e. The van der Waals surface area contributed by atoms with Gasteiger partial charge in [0, 0.05) is 25.7 Å². The van der Waals surface area contributed by atoms with E-state index < -0.39 is 0 Å². The number of nitrogens with one attached hydrogen (secondary N) is 1. The third-order valence-electron chi connectivity index (χ3n) is 3.92. The maximum atomic E-state index is 13.7. The summed E-state index contributed by atoms with van der Waals surface area (Å²) in [6, 6.07) is 9.70. The van der Waals surface area contributed by atoms with Crippen LogP contribution in [-0.2, 0) is 0 Å². The Kier molecular flexibility index (Phi) is 7.09. The minimum absolute atomic E-state index is 0.263. The molecule has 2 aromatic rings. The minimum atomic E-state index is -0.265. The molecule has 5 nitrogen and oxygen atoms in total. The molecule has 0 saturated heterocycles. The van der Waals surface area contributed by atoms with Crippen LogP contribution < -0.4 is 19.7 Å². The second-order valence-electron chi connectivity index (χ2n) is 5.68. The van der Waals surface area contributed by atoms with Gasteiger partial charge in [0.05, 0.1) is 24.9 Å². The molecule has 0 unspecified atom stereocenters. The van der Waals surface area contributed by atoms with Gasteiger partial charge in [0.15, 0.2) is 11.5 Å². The maximum absolute atomic E-state index is 13.7. The standard InChI is InChI=1S/C19H22ClFN2O3/c1-23(16-8-5-4-7-15(16)21)10-6-9-22-19(24)13-11-14(20)18(26-3)17(12-13)25-2/h4-5,7-8,11-12H,6,9-10H2,1-3H3,(H,22,24). The Labute approximate surface area is 157 Å². The predicted octanol–water partition coefficient (Wildman–Crippen LogP) is 3.75. The molecule has 0 aliphatic carbocycles. The number of benzene rings is 2. The quantitative estimate of drug-likeness (QED) is 0.708. The van der Waals surface area contributed by atoms with Crippen molar-refractivity contribution in [2.75, 3.05) is 39.3 Å². The Morgan fingerprint density at radius 2 is 1.96 bits per heavy atom. The van der Waals surface area contributed by atoms with E-state index in [2.05, 4.69) is 5.32 Å². The van der Waals surface area contributed by atoms with Crippen LogP contribution in [-0.4, -0.2) is 40.3 Å². The molecule has 0 bridgehead atoms. The monoisotopic (exact) mass is 380 g/mol. The van der Waals surface area contributed by atoms with E-state index in [-0.39, 0.29) is 11.7 Å². The number of hydrogen-bond acceptors (Lipinski definition) is 4. The highest BCUT2D eigenvalue weighted by molar-refractivity contribution is 6.32. The number of methoxy groups -OCH3 is 2. The highest BCUT2D eigenvalue weighted by Crippen LogP contribution is 2.35. The van der Waals surface area contributed by atoms with Crippen molar-refractivity contribution in [2.24, 2.45) is 0 Å². The van der Waals surface area contributed by atoms with Gasteiger partial charge in [0.2, 0.25) is 0 Å².